The lowest BCUT2D eigenvalue weighted by Gasteiger charge is -2.33. The fourth-order valence-electron chi connectivity index (χ4n) is 4.90. The Bertz CT molecular complexity index is 1110. The van der Waals surface area contributed by atoms with E-state index in [1.807, 2.05) is 71.6 Å². The van der Waals surface area contributed by atoms with E-state index in [2.05, 4.69) is 14.9 Å². The Balaban J connectivity index is 1.43. The predicted molar refractivity (Wildman–Crippen MR) is 124 cm³/mol. The molecule has 0 bridgehead atoms. The second kappa shape index (κ2) is 9.11. The van der Waals surface area contributed by atoms with Gasteiger partial charge in [0.05, 0.1) is 17.9 Å². The van der Waals surface area contributed by atoms with Gasteiger partial charge in [0.1, 0.15) is 5.54 Å². The Morgan fingerprint density at radius 1 is 0.758 bits per heavy atom. The lowest BCUT2D eigenvalue weighted by Crippen LogP contribution is -2.51. The standard InChI is InChI=1S/C26H27N5O2/c32-24-26(18-21-8-2-1-3-9-21)12-15-29(19-22-10-4-6-13-27-22)16-17-31(26)25(33)30(24)20-23-11-5-7-14-28-23/h1-11,13-14H,12,15-20H2. The first kappa shape index (κ1) is 21.3. The van der Waals surface area contributed by atoms with Gasteiger partial charge in [-0.3, -0.25) is 24.6 Å². The van der Waals surface area contributed by atoms with Crippen LogP contribution in [0, 0.1) is 0 Å². The second-order valence-corrected chi connectivity index (χ2v) is 8.69. The van der Waals surface area contributed by atoms with Crippen molar-refractivity contribution in [2.75, 3.05) is 19.6 Å². The van der Waals surface area contributed by atoms with Crippen LogP contribution in [0.5, 0.6) is 0 Å². The van der Waals surface area contributed by atoms with Crippen LogP contribution in [0.3, 0.4) is 0 Å². The molecule has 2 saturated heterocycles. The average molecular weight is 442 g/mol. The van der Waals surface area contributed by atoms with Gasteiger partial charge in [-0.15, -0.1) is 0 Å². The van der Waals surface area contributed by atoms with Gasteiger partial charge in [-0.1, -0.05) is 42.5 Å². The molecule has 168 valence electrons. The summed E-state index contributed by atoms with van der Waals surface area (Å²) in [4.78, 5) is 41.7. The molecule has 2 fully saturated rings. The maximum Gasteiger partial charge on any atom is 0.328 e. The highest BCUT2D eigenvalue weighted by Crippen LogP contribution is 2.37. The minimum atomic E-state index is -0.883. The van der Waals surface area contributed by atoms with Gasteiger partial charge in [0.15, 0.2) is 0 Å². The topological polar surface area (TPSA) is 69.6 Å². The molecule has 4 heterocycles. The number of carbonyl (C=O) groups is 2. The number of carbonyl (C=O) groups excluding carboxylic acids is 2. The second-order valence-electron chi connectivity index (χ2n) is 8.69. The Hall–Kier alpha value is -3.58. The van der Waals surface area contributed by atoms with Crippen LogP contribution in [-0.4, -0.2) is 61.8 Å². The van der Waals surface area contributed by atoms with Gasteiger partial charge in [-0.05, 0) is 36.2 Å². The van der Waals surface area contributed by atoms with Crippen molar-refractivity contribution >= 4 is 11.9 Å². The molecule has 1 atom stereocenters. The SMILES string of the molecule is O=C1N(Cc2ccccn2)C(=O)C2(Cc3ccccc3)CCN(Cc3ccccn3)CCN12. The molecule has 1 unspecified atom stereocenters. The molecule has 2 aliphatic rings. The number of hydrogen-bond donors (Lipinski definition) is 0. The molecule has 0 aliphatic carbocycles. The van der Waals surface area contributed by atoms with Gasteiger partial charge in [-0.25, -0.2) is 4.79 Å². The number of imide groups is 1. The number of nitrogens with zero attached hydrogens (tertiary/aromatic N) is 5. The first-order valence-corrected chi connectivity index (χ1v) is 11.4. The minimum Gasteiger partial charge on any atom is -0.308 e. The van der Waals surface area contributed by atoms with Crippen LogP contribution in [0.15, 0.2) is 79.1 Å². The quantitative estimate of drug-likeness (QED) is 0.550. The molecule has 5 rings (SSSR count). The largest absolute Gasteiger partial charge is 0.328 e. The van der Waals surface area contributed by atoms with Crippen molar-refractivity contribution in [1.82, 2.24) is 24.7 Å². The average Bonchev–Trinajstić information content (AvgIpc) is 2.96. The normalized spacial score (nSPS) is 21.2. The first-order chi connectivity index (χ1) is 16.2. The third kappa shape index (κ3) is 4.24. The van der Waals surface area contributed by atoms with Crippen molar-refractivity contribution < 1.29 is 9.59 Å². The Morgan fingerprint density at radius 3 is 2.09 bits per heavy atom. The Labute approximate surface area is 193 Å². The van der Waals surface area contributed by atoms with Crippen molar-refractivity contribution in [3.05, 3.63) is 96.1 Å². The third-order valence-corrected chi connectivity index (χ3v) is 6.60. The summed E-state index contributed by atoms with van der Waals surface area (Å²) in [7, 11) is 0. The summed E-state index contributed by atoms with van der Waals surface area (Å²) >= 11 is 0. The highest BCUT2D eigenvalue weighted by atomic mass is 16.2. The number of aromatic nitrogens is 2. The smallest absolute Gasteiger partial charge is 0.308 e. The van der Waals surface area contributed by atoms with E-state index >= 15 is 0 Å². The van der Waals surface area contributed by atoms with Crippen LogP contribution < -0.4 is 0 Å². The molecule has 1 aromatic carbocycles. The van der Waals surface area contributed by atoms with Gasteiger partial charge >= 0.3 is 6.03 Å². The number of urea groups is 1. The fraction of sp³-hybridized carbons (Fsp3) is 0.308. The van der Waals surface area contributed by atoms with Crippen LogP contribution in [0.2, 0.25) is 0 Å². The molecular formula is C26H27N5O2. The zero-order valence-electron chi connectivity index (χ0n) is 18.5. The minimum absolute atomic E-state index is 0.123. The van der Waals surface area contributed by atoms with Gasteiger partial charge in [-0.2, -0.15) is 0 Å². The number of pyridine rings is 2. The van der Waals surface area contributed by atoms with Crippen LogP contribution in [-0.2, 0) is 24.3 Å². The van der Waals surface area contributed by atoms with E-state index in [4.69, 9.17) is 0 Å². The zero-order valence-corrected chi connectivity index (χ0v) is 18.5. The van der Waals surface area contributed by atoms with Crippen LogP contribution in [0.25, 0.3) is 0 Å². The van der Waals surface area contributed by atoms with E-state index in [9.17, 15) is 9.59 Å². The lowest BCUT2D eigenvalue weighted by atomic mass is 9.86. The van der Waals surface area contributed by atoms with E-state index in [-0.39, 0.29) is 18.5 Å². The number of rotatable bonds is 6. The van der Waals surface area contributed by atoms with Crippen LogP contribution in [0.4, 0.5) is 4.79 Å². The van der Waals surface area contributed by atoms with Crippen molar-refractivity contribution in [3.63, 3.8) is 0 Å². The third-order valence-electron chi connectivity index (χ3n) is 6.60. The van der Waals surface area contributed by atoms with E-state index < -0.39 is 5.54 Å². The summed E-state index contributed by atoms with van der Waals surface area (Å²) in [5.74, 6) is -0.123. The number of benzene rings is 1. The monoisotopic (exact) mass is 441 g/mol. The summed E-state index contributed by atoms with van der Waals surface area (Å²) in [5.41, 5.74) is 1.88. The molecule has 0 radical (unpaired) electrons. The Kier molecular flexibility index (Phi) is 5.88. The molecule has 2 aliphatic heterocycles. The molecule has 2 aromatic heterocycles. The summed E-state index contributed by atoms with van der Waals surface area (Å²) in [5, 5.41) is 0. The predicted octanol–water partition coefficient (Wildman–Crippen LogP) is 3.13. The summed E-state index contributed by atoms with van der Waals surface area (Å²) < 4.78 is 0. The van der Waals surface area contributed by atoms with Crippen molar-refractivity contribution in [1.29, 1.82) is 0 Å². The molecule has 7 nitrogen and oxygen atoms in total. The van der Waals surface area contributed by atoms with Gasteiger partial charge in [0.2, 0.25) is 0 Å². The summed E-state index contributed by atoms with van der Waals surface area (Å²) in [6, 6.07) is 21.2. The molecule has 3 aromatic rings. The fourth-order valence-corrected chi connectivity index (χ4v) is 4.90. The molecular weight excluding hydrogens is 414 g/mol. The van der Waals surface area contributed by atoms with Gasteiger partial charge < -0.3 is 4.90 Å². The maximum atomic E-state index is 13.9. The lowest BCUT2D eigenvalue weighted by molar-refractivity contribution is -0.133. The van der Waals surface area contributed by atoms with E-state index in [1.54, 1.807) is 12.4 Å². The summed E-state index contributed by atoms with van der Waals surface area (Å²) in [6.07, 6.45) is 4.57. The van der Waals surface area contributed by atoms with Gasteiger partial charge in [0, 0.05) is 45.0 Å². The van der Waals surface area contributed by atoms with E-state index in [0.717, 1.165) is 17.8 Å². The van der Waals surface area contributed by atoms with Crippen molar-refractivity contribution in [2.24, 2.45) is 0 Å². The van der Waals surface area contributed by atoms with E-state index in [0.29, 0.717) is 38.2 Å². The highest BCUT2D eigenvalue weighted by molar-refractivity contribution is 6.07. The molecule has 0 N–H and O–H groups in total. The molecule has 0 spiro atoms. The number of hydrogen-bond acceptors (Lipinski definition) is 5. The molecule has 3 amide bonds. The maximum absolute atomic E-state index is 13.9. The van der Waals surface area contributed by atoms with Gasteiger partial charge in [0.25, 0.3) is 5.91 Å². The van der Waals surface area contributed by atoms with Crippen LogP contribution >= 0.6 is 0 Å². The first-order valence-electron chi connectivity index (χ1n) is 11.4. The highest BCUT2D eigenvalue weighted by Gasteiger charge is 2.57. The van der Waals surface area contributed by atoms with E-state index in [1.165, 1.54) is 4.90 Å². The molecule has 0 saturated carbocycles. The zero-order chi connectivity index (χ0) is 22.7. The van der Waals surface area contributed by atoms with Crippen molar-refractivity contribution in [2.45, 2.75) is 31.5 Å². The number of fused-ring (bicyclic) bond motifs is 1. The Morgan fingerprint density at radius 2 is 1.42 bits per heavy atom. The summed E-state index contributed by atoms with van der Waals surface area (Å²) in [6.45, 7) is 2.82. The molecule has 33 heavy (non-hydrogen) atoms. The number of amides is 3. The van der Waals surface area contributed by atoms with Crippen LogP contribution in [0.1, 0.15) is 23.4 Å². The molecule has 7 heteroatoms. The van der Waals surface area contributed by atoms with Crippen molar-refractivity contribution in [3.8, 4) is 0 Å².